The number of aromatic nitrogens is 1. The quantitative estimate of drug-likeness (QED) is 0.167. The number of nitrogens with zero attached hydrogens (tertiary/aromatic N) is 3. The third kappa shape index (κ3) is 4.32. The molecule has 0 bridgehead atoms. The van der Waals surface area contributed by atoms with Gasteiger partial charge in [-0.25, -0.2) is 0 Å². The molecule has 0 saturated carbocycles. The Bertz CT molecular complexity index is 1120. The molecule has 162 valence electrons. The Morgan fingerprint density at radius 3 is 2.19 bits per heavy atom. The second-order valence-corrected chi connectivity index (χ2v) is 7.84. The molecule has 0 radical (unpaired) electrons. The van der Waals surface area contributed by atoms with Gasteiger partial charge in [-0.05, 0) is 0 Å². The molecule has 0 aliphatic carbocycles. The van der Waals surface area contributed by atoms with E-state index in [1.54, 1.807) is 18.2 Å². The van der Waals surface area contributed by atoms with Gasteiger partial charge in [0.1, 0.15) is 0 Å². The second-order valence-electron chi connectivity index (χ2n) is 6.04. The molecule has 0 amide bonds. The van der Waals surface area contributed by atoms with Crippen molar-refractivity contribution in [3.63, 3.8) is 0 Å². The van der Waals surface area contributed by atoms with Gasteiger partial charge in [0.05, 0.1) is 0 Å². The van der Waals surface area contributed by atoms with Crippen LogP contribution in [0.5, 0.6) is 23.0 Å². The molecule has 31 heavy (non-hydrogen) atoms. The first kappa shape index (κ1) is 22.1. The first-order valence-corrected chi connectivity index (χ1v) is 10.6. The summed E-state index contributed by atoms with van der Waals surface area (Å²) in [5, 5.41) is 24.5. The molecule has 0 saturated heterocycles. The SMILES string of the molecule is COc1ccc(-c2c[se]c(/C(=N\O)c3cc(OC)c(OC)c(OC)c3)n2)cc1[N+](=O)[O-]. The van der Waals surface area contributed by atoms with Crippen molar-refractivity contribution in [1.82, 2.24) is 4.98 Å². The fourth-order valence-corrected chi connectivity index (χ4v) is 4.70. The molecule has 0 spiro atoms. The summed E-state index contributed by atoms with van der Waals surface area (Å²) in [6.45, 7) is 0. The van der Waals surface area contributed by atoms with Crippen molar-refractivity contribution >= 4 is 25.9 Å². The molecule has 1 aromatic heterocycles. The van der Waals surface area contributed by atoms with E-state index in [0.717, 1.165) is 0 Å². The Morgan fingerprint density at radius 1 is 1.03 bits per heavy atom. The van der Waals surface area contributed by atoms with Crippen molar-refractivity contribution in [2.24, 2.45) is 5.16 Å². The Balaban J connectivity index is 2.04. The van der Waals surface area contributed by atoms with E-state index in [-0.39, 0.29) is 31.7 Å². The minimum atomic E-state index is -0.510. The van der Waals surface area contributed by atoms with Crippen LogP contribution < -0.4 is 18.9 Å². The predicted molar refractivity (Wildman–Crippen MR) is 113 cm³/mol. The van der Waals surface area contributed by atoms with E-state index in [1.165, 1.54) is 40.6 Å². The molecular weight excluding hydrogens is 473 g/mol. The summed E-state index contributed by atoms with van der Waals surface area (Å²) in [4.78, 5) is 17.2. The van der Waals surface area contributed by atoms with Gasteiger partial charge in [0.25, 0.3) is 0 Å². The van der Waals surface area contributed by atoms with Crippen LogP contribution in [0.3, 0.4) is 0 Å². The number of methoxy groups -OCH3 is 4. The van der Waals surface area contributed by atoms with Crippen LogP contribution in [0.1, 0.15) is 10.1 Å². The molecule has 0 aliphatic rings. The van der Waals surface area contributed by atoms with Gasteiger partial charge in [-0.1, -0.05) is 0 Å². The number of hydrogen-bond donors (Lipinski definition) is 1. The fourth-order valence-electron chi connectivity index (χ4n) is 2.95. The summed E-state index contributed by atoms with van der Waals surface area (Å²) in [5.74, 6) is 1.39. The van der Waals surface area contributed by atoms with Crippen LogP contribution in [0.15, 0.2) is 40.4 Å². The fraction of sp³-hybridized carbons (Fsp3) is 0.200. The minimum absolute atomic E-state index is 0.155. The molecule has 0 atom stereocenters. The first-order valence-electron chi connectivity index (χ1n) is 8.78. The molecule has 0 aliphatic heterocycles. The van der Waals surface area contributed by atoms with Crippen LogP contribution in [0.25, 0.3) is 11.3 Å². The molecule has 10 nitrogen and oxygen atoms in total. The van der Waals surface area contributed by atoms with Gasteiger partial charge in [-0.3, -0.25) is 0 Å². The van der Waals surface area contributed by atoms with Gasteiger partial charge < -0.3 is 0 Å². The van der Waals surface area contributed by atoms with Crippen molar-refractivity contribution < 1.29 is 29.1 Å². The zero-order valence-corrected chi connectivity index (χ0v) is 18.8. The summed E-state index contributed by atoms with van der Waals surface area (Å²) in [7, 11) is 5.85. The van der Waals surface area contributed by atoms with Crippen LogP contribution in [0, 0.1) is 10.1 Å². The first-order chi connectivity index (χ1) is 15.0. The molecule has 11 heteroatoms. The van der Waals surface area contributed by atoms with Gasteiger partial charge in [0.15, 0.2) is 0 Å². The molecule has 2 aromatic carbocycles. The van der Waals surface area contributed by atoms with Gasteiger partial charge in [0.2, 0.25) is 0 Å². The number of oxime groups is 1. The molecule has 1 N–H and O–H groups in total. The molecule has 1 heterocycles. The standard InChI is InChI=1S/C20H19N3O7Se/c1-27-15-6-5-11(7-14(15)23(25)26)13-10-31-20(21-13)18(22-24)12-8-16(28-2)19(30-4)17(9-12)29-3/h5-10,24H,1-4H3/b22-18-. The van der Waals surface area contributed by atoms with Crippen molar-refractivity contribution in [2.75, 3.05) is 28.4 Å². The van der Waals surface area contributed by atoms with Crippen LogP contribution in [0.2, 0.25) is 0 Å². The van der Waals surface area contributed by atoms with Crippen LogP contribution in [-0.2, 0) is 0 Å². The Labute approximate surface area is 183 Å². The molecule has 3 rings (SSSR count). The third-order valence-corrected chi connectivity index (χ3v) is 6.20. The van der Waals surface area contributed by atoms with Crippen molar-refractivity contribution in [2.45, 2.75) is 0 Å². The number of nitro benzene ring substituents is 1. The van der Waals surface area contributed by atoms with Gasteiger partial charge >= 0.3 is 183 Å². The zero-order valence-electron chi connectivity index (χ0n) is 17.1. The summed E-state index contributed by atoms with van der Waals surface area (Å²) in [6, 6.07) is 7.93. The van der Waals surface area contributed by atoms with E-state index in [1.807, 2.05) is 4.94 Å². The zero-order chi connectivity index (χ0) is 22.5. The van der Waals surface area contributed by atoms with Crippen molar-refractivity contribution in [1.29, 1.82) is 0 Å². The predicted octanol–water partition coefficient (Wildman–Crippen LogP) is 2.97. The van der Waals surface area contributed by atoms with E-state index >= 15 is 0 Å². The number of hydrogen-bond acceptors (Lipinski definition) is 9. The summed E-state index contributed by atoms with van der Waals surface area (Å²) < 4.78 is 21.6. The van der Waals surface area contributed by atoms with E-state index in [0.29, 0.717) is 38.6 Å². The molecule has 0 unspecified atom stereocenters. The summed E-state index contributed by atoms with van der Waals surface area (Å²) in [5.41, 5.74) is 1.72. The van der Waals surface area contributed by atoms with E-state index in [2.05, 4.69) is 10.1 Å². The Kier molecular flexibility index (Phi) is 6.78. The average Bonchev–Trinajstić information content (AvgIpc) is 3.28. The number of ether oxygens (including phenoxy) is 4. The number of nitro groups is 1. The number of rotatable bonds is 8. The Hall–Kier alpha value is -3.56. The van der Waals surface area contributed by atoms with Crippen molar-refractivity contribution in [3.05, 3.63) is 55.5 Å². The van der Waals surface area contributed by atoms with E-state index in [4.69, 9.17) is 18.9 Å². The second kappa shape index (κ2) is 9.50. The average molecular weight is 492 g/mol. The van der Waals surface area contributed by atoms with Crippen LogP contribution in [-0.4, -0.2) is 63.8 Å². The van der Waals surface area contributed by atoms with Crippen LogP contribution >= 0.6 is 0 Å². The topological polar surface area (TPSA) is 126 Å². The van der Waals surface area contributed by atoms with Crippen molar-refractivity contribution in [3.8, 4) is 34.3 Å². The maximum atomic E-state index is 11.3. The van der Waals surface area contributed by atoms with Gasteiger partial charge in [-0.2, -0.15) is 0 Å². The Morgan fingerprint density at radius 2 is 1.68 bits per heavy atom. The molecule has 3 aromatic rings. The molecule has 0 fully saturated rings. The van der Waals surface area contributed by atoms with E-state index in [9.17, 15) is 15.3 Å². The van der Waals surface area contributed by atoms with Gasteiger partial charge in [0, 0.05) is 0 Å². The summed E-state index contributed by atoms with van der Waals surface area (Å²) in [6.07, 6.45) is 0. The normalized spacial score (nSPS) is 11.2. The van der Waals surface area contributed by atoms with Gasteiger partial charge in [-0.15, -0.1) is 0 Å². The summed E-state index contributed by atoms with van der Waals surface area (Å²) >= 11 is -0.272. The third-order valence-electron chi connectivity index (χ3n) is 4.42. The number of benzene rings is 2. The van der Waals surface area contributed by atoms with E-state index < -0.39 is 4.92 Å². The van der Waals surface area contributed by atoms with Crippen LogP contribution in [0.4, 0.5) is 5.69 Å². The maximum absolute atomic E-state index is 11.3. The monoisotopic (exact) mass is 493 g/mol. The molecular formula is C20H19N3O7Se.